The zero-order valence-corrected chi connectivity index (χ0v) is 10.2. The first-order valence-corrected chi connectivity index (χ1v) is 5.21. The van der Waals surface area contributed by atoms with Crippen molar-refractivity contribution in [1.29, 1.82) is 5.26 Å². The Morgan fingerprint density at radius 2 is 2.07 bits per heavy atom. The minimum atomic E-state index is -0.349. The van der Waals surface area contributed by atoms with E-state index in [0.717, 1.165) is 10.0 Å². The molecular formula is C11H11BrN2O. The van der Waals surface area contributed by atoms with Crippen LogP contribution in [0.15, 0.2) is 33.9 Å². The van der Waals surface area contributed by atoms with E-state index in [9.17, 15) is 0 Å². The molecule has 1 aromatic rings. The first-order chi connectivity index (χ1) is 7.19. The van der Waals surface area contributed by atoms with Crippen LogP contribution in [0.4, 0.5) is 0 Å². The van der Waals surface area contributed by atoms with Crippen molar-refractivity contribution >= 4 is 21.6 Å². The molecule has 3 nitrogen and oxygen atoms in total. The number of oxime groups is 1. The standard InChI is InChI=1S/C11H11BrN2O/c1-8(14-15-2)11(7-13)9-3-5-10(12)6-4-9/h3-6,11H,1-2H3. The Kier molecular flexibility index (Phi) is 4.32. The molecule has 1 aromatic carbocycles. The van der Waals surface area contributed by atoms with Gasteiger partial charge in [-0.25, -0.2) is 0 Å². The van der Waals surface area contributed by atoms with Gasteiger partial charge in [-0.1, -0.05) is 33.2 Å². The van der Waals surface area contributed by atoms with Gasteiger partial charge in [0.25, 0.3) is 0 Å². The van der Waals surface area contributed by atoms with Crippen LogP contribution in [0.3, 0.4) is 0 Å². The van der Waals surface area contributed by atoms with E-state index in [0.29, 0.717) is 5.71 Å². The molecule has 78 valence electrons. The molecule has 0 spiro atoms. The van der Waals surface area contributed by atoms with Crippen LogP contribution in [-0.2, 0) is 4.84 Å². The second kappa shape index (κ2) is 5.52. The van der Waals surface area contributed by atoms with Crippen molar-refractivity contribution in [1.82, 2.24) is 0 Å². The van der Waals surface area contributed by atoms with Crippen LogP contribution in [0.5, 0.6) is 0 Å². The Labute approximate surface area is 97.5 Å². The molecule has 0 heterocycles. The molecule has 15 heavy (non-hydrogen) atoms. The van der Waals surface area contributed by atoms with Crippen molar-refractivity contribution in [3.05, 3.63) is 34.3 Å². The maximum absolute atomic E-state index is 9.05. The van der Waals surface area contributed by atoms with Crippen molar-refractivity contribution in [3.8, 4) is 6.07 Å². The molecule has 4 heteroatoms. The topological polar surface area (TPSA) is 45.4 Å². The van der Waals surface area contributed by atoms with Gasteiger partial charge in [0.2, 0.25) is 0 Å². The van der Waals surface area contributed by atoms with Crippen molar-refractivity contribution in [3.63, 3.8) is 0 Å². The molecule has 0 fully saturated rings. The maximum atomic E-state index is 9.05. The molecule has 1 atom stereocenters. The number of nitrogens with zero attached hydrogens (tertiary/aromatic N) is 2. The average Bonchev–Trinajstić information content (AvgIpc) is 2.22. The zero-order chi connectivity index (χ0) is 11.3. The molecule has 0 radical (unpaired) electrons. The van der Waals surface area contributed by atoms with E-state index in [4.69, 9.17) is 5.26 Å². The Balaban J connectivity index is 2.99. The van der Waals surface area contributed by atoms with E-state index in [1.165, 1.54) is 7.11 Å². The van der Waals surface area contributed by atoms with Crippen LogP contribution in [0.1, 0.15) is 18.4 Å². The highest BCUT2D eigenvalue weighted by Crippen LogP contribution is 2.19. The summed E-state index contributed by atoms with van der Waals surface area (Å²) in [5, 5.41) is 12.8. The third-order valence-corrected chi connectivity index (χ3v) is 2.51. The molecule has 0 aliphatic heterocycles. The van der Waals surface area contributed by atoms with E-state index >= 15 is 0 Å². The van der Waals surface area contributed by atoms with Crippen molar-refractivity contribution in [2.45, 2.75) is 12.8 Å². The van der Waals surface area contributed by atoms with Crippen LogP contribution >= 0.6 is 15.9 Å². The summed E-state index contributed by atoms with van der Waals surface area (Å²) in [6.45, 7) is 1.78. The highest BCUT2D eigenvalue weighted by molar-refractivity contribution is 9.10. The quantitative estimate of drug-likeness (QED) is 0.624. The largest absolute Gasteiger partial charge is 0.399 e. The Bertz CT molecular complexity index is 392. The van der Waals surface area contributed by atoms with Crippen LogP contribution < -0.4 is 0 Å². The second-order valence-corrected chi connectivity index (χ2v) is 3.94. The van der Waals surface area contributed by atoms with Gasteiger partial charge in [0.05, 0.1) is 11.8 Å². The van der Waals surface area contributed by atoms with Crippen LogP contribution in [0, 0.1) is 11.3 Å². The van der Waals surface area contributed by atoms with E-state index < -0.39 is 0 Å². The van der Waals surface area contributed by atoms with Gasteiger partial charge in [-0.05, 0) is 24.6 Å². The fraction of sp³-hybridized carbons (Fsp3) is 0.273. The lowest BCUT2D eigenvalue weighted by Gasteiger charge is -2.08. The van der Waals surface area contributed by atoms with Gasteiger partial charge in [-0.15, -0.1) is 0 Å². The fourth-order valence-corrected chi connectivity index (χ4v) is 1.53. The summed E-state index contributed by atoms with van der Waals surface area (Å²) in [7, 11) is 1.47. The molecule has 0 aromatic heterocycles. The van der Waals surface area contributed by atoms with E-state index in [1.54, 1.807) is 6.92 Å². The molecule has 0 N–H and O–H groups in total. The first-order valence-electron chi connectivity index (χ1n) is 4.41. The summed E-state index contributed by atoms with van der Waals surface area (Å²) in [6.07, 6.45) is 0. The molecule has 0 bridgehead atoms. The van der Waals surface area contributed by atoms with E-state index in [1.807, 2.05) is 24.3 Å². The molecule has 1 rings (SSSR count). The normalized spacial score (nSPS) is 13.1. The number of rotatable bonds is 3. The average molecular weight is 267 g/mol. The predicted molar refractivity (Wildman–Crippen MR) is 62.6 cm³/mol. The summed E-state index contributed by atoms with van der Waals surface area (Å²) in [6, 6.07) is 9.79. The Morgan fingerprint density at radius 3 is 2.53 bits per heavy atom. The van der Waals surface area contributed by atoms with Crippen molar-refractivity contribution in [2.75, 3.05) is 7.11 Å². The second-order valence-electron chi connectivity index (χ2n) is 3.03. The van der Waals surface area contributed by atoms with Gasteiger partial charge in [-0.3, -0.25) is 0 Å². The van der Waals surface area contributed by atoms with Crippen LogP contribution in [0.2, 0.25) is 0 Å². The SMILES string of the molecule is CON=C(C)C(C#N)c1ccc(Br)cc1. The summed E-state index contributed by atoms with van der Waals surface area (Å²) in [4.78, 5) is 4.66. The third-order valence-electron chi connectivity index (χ3n) is 1.99. The monoisotopic (exact) mass is 266 g/mol. The van der Waals surface area contributed by atoms with Crippen molar-refractivity contribution in [2.24, 2.45) is 5.16 Å². The van der Waals surface area contributed by atoms with Crippen LogP contribution in [0.25, 0.3) is 0 Å². The maximum Gasteiger partial charge on any atom is 0.112 e. The smallest absolute Gasteiger partial charge is 0.112 e. The summed E-state index contributed by atoms with van der Waals surface area (Å²) >= 11 is 3.35. The van der Waals surface area contributed by atoms with Gasteiger partial charge < -0.3 is 4.84 Å². The zero-order valence-electron chi connectivity index (χ0n) is 8.57. The van der Waals surface area contributed by atoms with Gasteiger partial charge in [0, 0.05) is 4.47 Å². The van der Waals surface area contributed by atoms with Gasteiger partial charge in [0.1, 0.15) is 13.0 Å². The van der Waals surface area contributed by atoms with Gasteiger partial charge in [-0.2, -0.15) is 5.26 Å². The van der Waals surface area contributed by atoms with E-state index in [-0.39, 0.29) is 5.92 Å². The number of halogens is 1. The summed E-state index contributed by atoms with van der Waals surface area (Å²) in [5.41, 5.74) is 1.57. The van der Waals surface area contributed by atoms with Crippen LogP contribution in [-0.4, -0.2) is 12.8 Å². The summed E-state index contributed by atoms with van der Waals surface area (Å²) < 4.78 is 0.990. The molecular weight excluding hydrogens is 256 g/mol. The predicted octanol–water partition coefficient (Wildman–Crippen LogP) is 3.08. The molecule has 0 saturated heterocycles. The Hall–Kier alpha value is -1.34. The lowest BCUT2D eigenvalue weighted by atomic mass is 9.97. The number of nitriles is 1. The lowest BCUT2D eigenvalue weighted by Crippen LogP contribution is -2.07. The fourth-order valence-electron chi connectivity index (χ4n) is 1.26. The molecule has 0 saturated carbocycles. The number of benzene rings is 1. The number of hydrogen-bond donors (Lipinski definition) is 0. The highest BCUT2D eigenvalue weighted by Gasteiger charge is 2.14. The first kappa shape index (κ1) is 11.7. The Morgan fingerprint density at radius 1 is 1.47 bits per heavy atom. The molecule has 0 aliphatic carbocycles. The van der Waals surface area contributed by atoms with Gasteiger partial charge in [0.15, 0.2) is 0 Å². The van der Waals surface area contributed by atoms with Gasteiger partial charge >= 0.3 is 0 Å². The molecule has 0 aliphatic rings. The molecule has 1 unspecified atom stereocenters. The van der Waals surface area contributed by atoms with E-state index in [2.05, 4.69) is 32.0 Å². The molecule has 0 amide bonds. The minimum absolute atomic E-state index is 0.349. The summed E-state index contributed by atoms with van der Waals surface area (Å²) in [5.74, 6) is -0.349. The highest BCUT2D eigenvalue weighted by atomic mass is 79.9. The minimum Gasteiger partial charge on any atom is -0.399 e. The lowest BCUT2D eigenvalue weighted by molar-refractivity contribution is 0.212. The third kappa shape index (κ3) is 3.07. The van der Waals surface area contributed by atoms with Crippen molar-refractivity contribution < 1.29 is 4.84 Å². The number of hydrogen-bond acceptors (Lipinski definition) is 3.